The lowest BCUT2D eigenvalue weighted by molar-refractivity contribution is -0.159. The minimum Gasteiger partial charge on any atom is -0.473 e. The van der Waals surface area contributed by atoms with E-state index in [0.717, 1.165) is 38.6 Å². The summed E-state index contributed by atoms with van der Waals surface area (Å²) in [6.07, 6.45) is 3.54. The highest BCUT2D eigenvalue weighted by atomic mass is 16.5. The molecule has 3 N–H and O–H groups in total. The average Bonchev–Trinajstić information content (AvgIpc) is 2.64. The van der Waals surface area contributed by atoms with Gasteiger partial charge in [0.15, 0.2) is 0 Å². The van der Waals surface area contributed by atoms with Gasteiger partial charge in [0.2, 0.25) is 0 Å². The van der Waals surface area contributed by atoms with Crippen molar-refractivity contribution in [2.75, 3.05) is 40.3 Å². The summed E-state index contributed by atoms with van der Waals surface area (Å²) < 4.78 is 5.93. The molecule has 0 amide bonds. The Balaban J connectivity index is 0.000000612. The zero-order chi connectivity index (χ0) is 21.9. The normalized spacial score (nSPS) is 19.1. The fourth-order valence-corrected chi connectivity index (χ4v) is 3.68. The molecule has 0 saturated carbocycles. The Morgan fingerprint density at radius 1 is 1.17 bits per heavy atom. The number of carboxylic acid groups (broad SMARTS) is 2. The number of benzene rings is 1. The number of nitrogens with zero attached hydrogens (tertiary/aromatic N) is 1. The number of hydrogen-bond acceptors (Lipinski definition) is 5. The van der Waals surface area contributed by atoms with E-state index in [9.17, 15) is 0 Å². The summed E-state index contributed by atoms with van der Waals surface area (Å²) in [7, 11) is 4.25. The lowest BCUT2D eigenvalue weighted by Gasteiger charge is -2.39. The van der Waals surface area contributed by atoms with Gasteiger partial charge in [-0.25, -0.2) is 9.59 Å². The van der Waals surface area contributed by atoms with Gasteiger partial charge in [-0.05, 0) is 71.1 Å². The van der Waals surface area contributed by atoms with Crippen LogP contribution in [0.25, 0.3) is 0 Å². The molecule has 0 spiro atoms. The number of carbonyl (C=O) groups is 2. The van der Waals surface area contributed by atoms with Crippen molar-refractivity contribution in [3.63, 3.8) is 0 Å². The molecule has 164 valence electrons. The molecule has 0 bridgehead atoms. The molecule has 29 heavy (non-hydrogen) atoms. The maximum absolute atomic E-state index is 9.10. The first-order valence-corrected chi connectivity index (χ1v) is 10.1. The third kappa shape index (κ3) is 10.4. The number of carboxylic acids is 2. The maximum atomic E-state index is 9.10. The molecule has 0 radical (unpaired) electrons. The maximum Gasteiger partial charge on any atom is 0.414 e. The van der Waals surface area contributed by atoms with Gasteiger partial charge in [0.25, 0.3) is 0 Å². The SMILES string of the molecule is CN(C)CCNCCC(c1ccccc1)C1CCOC(C)(C)C1.O=C(O)C(=O)O. The lowest BCUT2D eigenvalue weighted by Crippen LogP contribution is -2.37. The summed E-state index contributed by atoms with van der Waals surface area (Å²) in [6, 6.07) is 11.1. The van der Waals surface area contributed by atoms with Crippen LogP contribution in [0.15, 0.2) is 30.3 Å². The predicted octanol–water partition coefficient (Wildman–Crippen LogP) is 2.67. The van der Waals surface area contributed by atoms with Gasteiger partial charge in [0.05, 0.1) is 5.60 Å². The van der Waals surface area contributed by atoms with Crippen molar-refractivity contribution in [2.45, 2.75) is 44.6 Å². The summed E-state index contributed by atoms with van der Waals surface area (Å²) in [5, 5.41) is 18.4. The van der Waals surface area contributed by atoms with Crippen molar-refractivity contribution in [1.82, 2.24) is 10.2 Å². The van der Waals surface area contributed by atoms with Crippen LogP contribution < -0.4 is 5.32 Å². The van der Waals surface area contributed by atoms with Gasteiger partial charge in [-0.2, -0.15) is 0 Å². The number of likely N-dealkylation sites (N-methyl/N-ethyl adjacent to an activating group) is 1. The number of rotatable bonds is 8. The van der Waals surface area contributed by atoms with E-state index in [2.05, 4.69) is 68.5 Å². The van der Waals surface area contributed by atoms with Crippen LogP contribution in [0.4, 0.5) is 0 Å². The smallest absolute Gasteiger partial charge is 0.414 e. The van der Waals surface area contributed by atoms with E-state index in [0.29, 0.717) is 5.92 Å². The molecule has 1 aliphatic rings. The van der Waals surface area contributed by atoms with Crippen LogP contribution in [0.3, 0.4) is 0 Å². The Morgan fingerprint density at radius 2 is 1.79 bits per heavy atom. The quantitative estimate of drug-likeness (QED) is 0.449. The van der Waals surface area contributed by atoms with E-state index in [4.69, 9.17) is 24.5 Å². The van der Waals surface area contributed by atoms with Crippen LogP contribution in [-0.4, -0.2) is 73.0 Å². The molecule has 1 aromatic rings. The molecular formula is C22H36N2O5. The van der Waals surface area contributed by atoms with E-state index in [1.807, 2.05) is 0 Å². The summed E-state index contributed by atoms with van der Waals surface area (Å²) in [4.78, 5) is 20.4. The minimum absolute atomic E-state index is 0.0221. The van der Waals surface area contributed by atoms with Gasteiger partial charge in [0, 0.05) is 19.7 Å². The number of hydrogen-bond donors (Lipinski definition) is 3. The van der Waals surface area contributed by atoms with Crippen LogP contribution in [0.1, 0.15) is 44.6 Å². The molecule has 2 unspecified atom stereocenters. The second kappa shape index (κ2) is 12.6. The van der Waals surface area contributed by atoms with Crippen LogP contribution in [0.5, 0.6) is 0 Å². The Bertz CT molecular complexity index is 607. The first-order valence-electron chi connectivity index (χ1n) is 10.1. The van der Waals surface area contributed by atoms with Crippen LogP contribution in [0, 0.1) is 5.92 Å². The average molecular weight is 409 g/mol. The number of nitrogens with one attached hydrogen (secondary N) is 1. The van der Waals surface area contributed by atoms with E-state index in [1.165, 1.54) is 18.4 Å². The molecule has 1 heterocycles. The van der Waals surface area contributed by atoms with Gasteiger partial charge >= 0.3 is 11.9 Å². The number of ether oxygens (including phenoxy) is 1. The third-order valence-electron chi connectivity index (χ3n) is 5.08. The first kappa shape index (κ1) is 25.1. The van der Waals surface area contributed by atoms with E-state index < -0.39 is 11.9 Å². The molecule has 7 nitrogen and oxygen atoms in total. The molecule has 0 aromatic heterocycles. The Hall–Kier alpha value is -1.96. The van der Waals surface area contributed by atoms with Gasteiger partial charge in [0.1, 0.15) is 0 Å². The van der Waals surface area contributed by atoms with Crippen molar-refractivity contribution in [3.05, 3.63) is 35.9 Å². The summed E-state index contributed by atoms with van der Waals surface area (Å²) in [5.41, 5.74) is 1.51. The lowest BCUT2D eigenvalue weighted by atomic mass is 9.75. The Morgan fingerprint density at radius 3 is 2.31 bits per heavy atom. The second-order valence-electron chi connectivity index (χ2n) is 8.33. The zero-order valence-corrected chi connectivity index (χ0v) is 18.1. The van der Waals surface area contributed by atoms with E-state index in [1.54, 1.807) is 0 Å². The van der Waals surface area contributed by atoms with Crippen LogP contribution in [-0.2, 0) is 14.3 Å². The monoisotopic (exact) mass is 408 g/mol. The predicted molar refractivity (Wildman–Crippen MR) is 113 cm³/mol. The van der Waals surface area contributed by atoms with Crippen molar-refractivity contribution < 1.29 is 24.5 Å². The largest absolute Gasteiger partial charge is 0.473 e. The topological polar surface area (TPSA) is 99.1 Å². The highest BCUT2D eigenvalue weighted by molar-refractivity contribution is 6.27. The fraction of sp³-hybridized carbons (Fsp3) is 0.636. The van der Waals surface area contributed by atoms with Gasteiger partial charge in [-0.15, -0.1) is 0 Å². The van der Waals surface area contributed by atoms with Crippen molar-refractivity contribution in [1.29, 1.82) is 0 Å². The standard InChI is InChI=1S/C20H34N2O.C2H2O4/c1-20(2)16-18(11-15-23-20)19(17-8-6-5-7-9-17)10-12-21-13-14-22(3)4;3-1(4)2(5)6/h5-9,18-19,21H,10-16H2,1-4H3;(H,3,4)(H,5,6). The summed E-state index contributed by atoms with van der Waals surface area (Å²) in [6.45, 7) is 8.61. The van der Waals surface area contributed by atoms with Gasteiger partial charge < -0.3 is 25.2 Å². The highest BCUT2D eigenvalue weighted by Gasteiger charge is 2.33. The van der Waals surface area contributed by atoms with Crippen LogP contribution in [0.2, 0.25) is 0 Å². The van der Waals surface area contributed by atoms with E-state index >= 15 is 0 Å². The molecule has 1 aliphatic heterocycles. The van der Waals surface area contributed by atoms with Crippen molar-refractivity contribution >= 4 is 11.9 Å². The zero-order valence-electron chi connectivity index (χ0n) is 18.1. The van der Waals surface area contributed by atoms with Crippen LogP contribution >= 0.6 is 0 Å². The Kier molecular flexibility index (Phi) is 10.9. The molecule has 0 aliphatic carbocycles. The molecule has 1 fully saturated rings. The van der Waals surface area contributed by atoms with Crippen molar-refractivity contribution in [2.24, 2.45) is 5.92 Å². The molecule has 1 aromatic carbocycles. The fourth-order valence-electron chi connectivity index (χ4n) is 3.68. The molecular weight excluding hydrogens is 372 g/mol. The molecule has 7 heteroatoms. The summed E-state index contributed by atoms with van der Waals surface area (Å²) in [5.74, 6) is -2.30. The van der Waals surface area contributed by atoms with Gasteiger partial charge in [-0.3, -0.25) is 0 Å². The molecule has 1 saturated heterocycles. The second-order valence-corrected chi connectivity index (χ2v) is 8.33. The third-order valence-corrected chi connectivity index (χ3v) is 5.08. The Labute approximate surface area is 174 Å². The molecule has 2 rings (SSSR count). The van der Waals surface area contributed by atoms with Crippen molar-refractivity contribution in [3.8, 4) is 0 Å². The minimum atomic E-state index is -1.82. The summed E-state index contributed by atoms with van der Waals surface area (Å²) >= 11 is 0. The first-order chi connectivity index (χ1) is 13.6. The molecule has 2 atom stereocenters. The van der Waals surface area contributed by atoms with Gasteiger partial charge in [-0.1, -0.05) is 30.3 Å². The highest BCUT2D eigenvalue weighted by Crippen LogP contribution is 2.39. The number of aliphatic carboxylic acids is 2. The van der Waals surface area contributed by atoms with E-state index in [-0.39, 0.29) is 5.60 Å².